The Morgan fingerprint density at radius 1 is 1.05 bits per heavy atom. The standard InChI is InChI=1S/C17H26ClFO/c1-2-3-4-5-6-7-8-9-13-16(20)17-14(18)11-10-12-15(17)19/h10-12,16,20H,2-9,13H2,1H3. The molecular weight excluding hydrogens is 275 g/mol. The van der Waals surface area contributed by atoms with Gasteiger partial charge in [-0.15, -0.1) is 0 Å². The minimum atomic E-state index is -0.788. The van der Waals surface area contributed by atoms with Crippen LogP contribution in [0, 0.1) is 5.82 Å². The van der Waals surface area contributed by atoms with Crippen LogP contribution in [0.15, 0.2) is 18.2 Å². The summed E-state index contributed by atoms with van der Waals surface area (Å²) < 4.78 is 13.6. The molecule has 0 aliphatic carbocycles. The molecule has 0 aromatic heterocycles. The summed E-state index contributed by atoms with van der Waals surface area (Å²) in [6.45, 7) is 2.22. The van der Waals surface area contributed by atoms with Gasteiger partial charge in [0.15, 0.2) is 0 Å². The van der Waals surface area contributed by atoms with E-state index in [2.05, 4.69) is 6.92 Å². The van der Waals surface area contributed by atoms with Gasteiger partial charge in [0, 0.05) is 10.6 Å². The van der Waals surface area contributed by atoms with E-state index in [9.17, 15) is 9.50 Å². The summed E-state index contributed by atoms with van der Waals surface area (Å²) in [5, 5.41) is 10.3. The Hall–Kier alpha value is -0.600. The van der Waals surface area contributed by atoms with E-state index < -0.39 is 11.9 Å². The summed E-state index contributed by atoms with van der Waals surface area (Å²) in [6, 6.07) is 4.53. The molecule has 1 unspecified atom stereocenters. The maximum absolute atomic E-state index is 13.6. The molecule has 0 saturated heterocycles. The zero-order valence-electron chi connectivity index (χ0n) is 12.4. The number of aliphatic hydroxyl groups excluding tert-OH is 1. The largest absolute Gasteiger partial charge is 0.388 e. The second-order valence-electron chi connectivity index (χ2n) is 5.41. The van der Waals surface area contributed by atoms with Crippen molar-refractivity contribution >= 4 is 11.6 Å². The Bertz CT molecular complexity index is 361. The van der Waals surface area contributed by atoms with Gasteiger partial charge in [0.2, 0.25) is 0 Å². The van der Waals surface area contributed by atoms with E-state index in [0.717, 1.165) is 12.8 Å². The molecule has 0 fully saturated rings. The molecule has 20 heavy (non-hydrogen) atoms. The smallest absolute Gasteiger partial charge is 0.130 e. The van der Waals surface area contributed by atoms with Crippen molar-refractivity contribution in [3.8, 4) is 0 Å². The molecule has 0 heterocycles. The summed E-state index contributed by atoms with van der Waals surface area (Å²) in [5.41, 5.74) is 0.247. The molecule has 0 bridgehead atoms. The van der Waals surface area contributed by atoms with Gasteiger partial charge >= 0.3 is 0 Å². The highest BCUT2D eigenvalue weighted by Gasteiger charge is 2.15. The first kappa shape index (κ1) is 17.5. The fourth-order valence-electron chi connectivity index (χ4n) is 2.44. The normalized spacial score (nSPS) is 12.6. The fourth-order valence-corrected chi connectivity index (χ4v) is 2.73. The lowest BCUT2D eigenvalue weighted by molar-refractivity contribution is 0.159. The van der Waals surface area contributed by atoms with Gasteiger partial charge in [-0.1, -0.05) is 76.0 Å². The maximum atomic E-state index is 13.6. The molecule has 0 spiro atoms. The van der Waals surface area contributed by atoms with Crippen LogP contribution in [0.4, 0.5) is 4.39 Å². The molecule has 1 atom stereocenters. The van der Waals surface area contributed by atoms with Gasteiger partial charge in [-0.2, -0.15) is 0 Å². The topological polar surface area (TPSA) is 20.2 Å². The lowest BCUT2D eigenvalue weighted by atomic mass is 10.0. The van der Waals surface area contributed by atoms with Crippen molar-refractivity contribution in [1.82, 2.24) is 0 Å². The molecule has 0 aliphatic rings. The number of hydrogen-bond donors (Lipinski definition) is 1. The van der Waals surface area contributed by atoms with E-state index in [1.807, 2.05) is 0 Å². The third-order valence-corrected chi connectivity index (χ3v) is 3.99. The Balaban J connectivity index is 2.19. The number of benzene rings is 1. The number of unbranched alkanes of at least 4 members (excludes halogenated alkanes) is 7. The summed E-state index contributed by atoms with van der Waals surface area (Å²) in [5.74, 6) is -0.412. The Morgan fingerprint density at radius 3 is 2.25 bits per heavy atom. The van der Waals surface area contributed by atoms with Crippen LogP contribution < -0.4 is 0 Å². The second-order valence-corrected chi connectivity index (χ2v) is 5.82. The van der Waals surface area contributed by atoms with E-state index in [1.54, 1.807) is 12.1 Å². The molecule has 1 nitrogen and oxygen atoms in total. The predicted octanol–water partition coefficient (Wildman–Crippen LogP) is 6.04. The minimum absolute atomic E-state index is 0.247. The van der Waals surface area contributed by atoms with Crippen LogP contribution in [0.5, 0.6) is 0 Å². The van der Waals surface area contributed by atoms with Crippen LogP contribution in [0.1, 0.15) is 76.4 Å². The Morgan fingerprint density at radius 2 is 1.65 bits per heavy atom. The molecule has 0 aliphatic heterocycles. The van der Waals surface area contributed by atoms with Gasteiger partial charge in [-0.05, 0) is 18.6 Å². The average Bonchev–Trinajstić information content (AvgIpc) is 2.41. The van der Waals surface area contributed by atoms with Crippen LogP contribution in [-0.2, 0) is 0 Å². The zero-order chi connectivity index (χ0) is 14.8. The highest BCUT2D eigenvalue weighted by atomic mass is 35.5. The maximum Gasteiger partial charge on any atom is 0.130 e. The van der Waals surface area contributed by atoms with Crippen molar-refractivity contribution < 1.29 is 9.50 Å². The number of hydrogen-bond acceptors (Lipinski definition) is 1. The number of rotatable bonds is 10. The minimum Gasteiger partial charge on any atom is -0.388 e. The second kappa shape index (κ2) is 10.2. The van der Waals surface area contributed by atoms with Crippen molar-refractivity contribution in [2.75, 3.05) is 0 Å². The summed E-state index contributed by atoms with van der Waals surface area (Å²) in [4.78, 5) is 0. The van der Waals surface area contributed by atoms with Crippen molar-refractivity contribution in [2.45, 2.75) is 70.8 Å². The molecular formula is C17H26ClFO. The predicted molar refractivity (Wildman–Crippen MR) is 83.6 cm³/mol. The van der Waals surface area contributed by atoms with E-state index in [4.69, 9.17) is 11.6 Å². The fraction of sp³-hybridized carbons (Fsp3) is 0.647. The molecule has 1 rings (SSSR count). The molecule has 114 valence electrons. The van der Waals surface area contributed by atoms with Gasteiger partial charge < -0.3 is 5.11 Å². The van der Waals surface area contributed by atoms with E-state index >= 15 is 0 Å². The van der Waals surface area contributed by atoms with Gasteiger partial charge in [-0.3, -0.25) is 0 Å². The highest BCUT2D eigenvalue weighted by Crippen LogP contribution is 2.29. The van der Waals surface area contributed by atoms with Crippen LogP contribution in [-0.4, -0.2) is 5.11 Å². The quantitative estimate of drug-likeness (QED) is 0.522. The van der Waals surface area contributed by atoms with Crippen molar-refractivity contribution in [2.24, 2.45) is 0 Å². The van der Waals surface area contributed by atoms with Crippen molar-refractivity contribution in [1.29, 1.82) is 0 Å². The van der Waals surface area contributed by atoms with E-state index in [-0.39, 0.29) is 5.56 Å². The summed E-state index contributed by atoms with van der Waals surface area (Å²) in [7, 11) is 0. The summed E-state index contributed by atoms with van der Waals surface area (Å²) >= 11 is 5.94. The Kier molecular flexibility index (Phi) is 8.88. The zero-order valence-corrected chi connectivity index (χ0v) is 13.1. The molecule has 0 amide bonds. The van der Waals surface area contributed by atoms with E-state index in [0.29, 0.717) is 11.4 Å². The molecule has 3 heteroatoms. The number of halogens is 2. The van der Waals surface area contributed by atoms with Crippen molar-refractivity contribution in [3.05, 3.63) is 34.6 Å². The third-order valence-electron chi connectivity index (χ3n) is 3.66. The third kappa shape index (κ3) is 6.23. The molecule has 0 saturated carbocycles. The van der Waals surface area contributed by atoms with E-state index in [1.165, 1.54) is 44.6 Å². The van der Waals surface area contributed by atoms with Crippen LogP contribution in [0.3, 0.4) is 0 Å². The first-order chi connectivity index (χ1) is 9.66. The lowest BCUT2D eigenvalue weighted by Gasteiger charge is -2.13. The van der Waals surface area contributed by atoms with Gasteiger partial charge in [0.1, 0.15) is 5.82 Å². The SMILES string of the molecule is CCCCCCCCCCC(O)c1c(F)cccc1Cl. The molecule has 1 aromatic carbocycles. The van der Waals surface area contributed by atoms with Crippen molar-refractivity contribution in [3.63, 3.8) is 0 Å². The summed E-state index contributed by atoms with van der Waals surface area (Å²) in [6.07, 6.45) is 9.48. The van der Waals surface area contributed by atoms with Crippen LogP contribution in [0.25, 0.3) is 0 Å². The first-order valence-corrected chi connectivity index (χ1v) is 8.16. The van der Waals surface area contributed by atoms with Gasteiger partial charge in [-0.25, -0.2) is 4.39 Å². The van der Waals surface area contributed by atoms with Gasteiger partial charge in [0.05, 0.1) is 6.10 Å². The molecule has 1 aromatic rings. The molecule has 1 N–H and O–H groups in total. The first-order valence-electron chi connectivity index (χ1n) is 7.78. The van der Waals surface area contributed by atoms with Gasteiger partial charge in [0.25, 0.3) is 0 Å². The van der Waals surface area contributed by atoms with Crippen LogP contribution in [0.2, 0.25) is 5.02 Å². The number of aliphatic hydroxyl groups is 1. The molecule has 0 radical (unpaired) electrons. The highest BCUT2D eigenvalue weighted by molar-refractivity contribution is 6.31. The Labute approximate surface area is 127 Å². The monoisotopic (exact) mass is 300 g/mol. The lowest BCUT2D eigenvalue weighted by Crippen LogP contribution is -2.01. The van der Waals surface area contributed by atoms with Crippen LogP contribution >= 0.6 is 11.6 Å². The average molecular weight is 301 g/mol.